The molecule has 0 aliphatic carbocycles. The second-order valence-electron chi connectivity index (χ2n) is 6.16. The van der Waals surface area contributed by atoms with Crippen LogP contribution in [0.3, 0.4) is 0 Å². The van der Waals surface area contributed by atoms with Crippen LogP contribution in [0.25, 0.3) is 0 Å². The van der Waals surface area contributed by atoms with Gasteiger partial charge in [-0.05, 0) is 31.7 Å². The highest BCUT2D eigenvalue weighted by Gasteiger charge is 2.33. The zero-order valence-electron chi connectivity index (χ0n) is 14.2. The Labute approximate surface area is 137 Å². The Hall–Kier alpha value is -1.51. The number of benzene rings is 1. The molecule has 0 amide bonds. The summed E-state index contributed by atoms with van der Waals surface area (Å²) in [6, 6.07) is 3.02. The van der Waals surface area contributed by atoms with Crippen molar-refractivity contribution in [3.05, 3.63) is 33.4 Å². The first-order valence-corrected chi connectivity index (χ1v) is 8.90. The summed E-state index contributed by atoms with van der Waals surface area (Å²) in [6.45, 7) is 7.24. The number of hydrogen-bond acceptors (Lipinski definition) is 5. The van der Waals surface area contributed by atoms with Crippen molar-refractivity contribution in [1.82, 2.24) is 4.31 Å². The number of sulfonamides is 1. The van der Waals surface area contributed by atoms with Crippen molar-refractivity contribution in [2.45, 2.75) is 45.1 Å². The first kappa shape index (κ1) is 19.5. The number of nitro benzene ring substituents is 1. The zero-order valence-corrected chi connectivity index (χ0v) is 15.1. The largest absolute Gasteiger partial charge is 0.327 e. The third kappa shape index (κ3) is 4.27. The van der Waals surface area contributed by atoms with Crippen LogP contribution in [0.4, 0.5) is 5.69 Å². The first-order valence-electron chi connectivity index (χ1n) is 7.46. The molecular weight excluding hydrogens is 318 g/mol. The lowest BCUT2D eigenvalue weighted by atomic mass is 10.0. The average Bonchev–Trinajstić information content (AvgIpc) is 2.45. The second-order valence-corrected chi connectivity index (χ2v) is 8.14. The fourth-order valence-electron chi connectivity index (χ4n) is 2.26. The van der Waals surface area contributed by atoms with Gasteiger partial charge in [0.15, 0.2) is 4.90 Å². The molecule has 0 radical (unpaired) electrons. The van der Waals surface area contributed by atoms with Gasteiger partial charge in [0.25, 0.3) is 5.69 Å². The maximum absolute atomic E-state index is 12.8. The summed E-state index contributed by atoms with van der Waals surface area (Å²) >= 11 is 0. The van der Waals surface area contributed by atoms with Gasteiger partial charge in [0, 0.05) is 25.2 Å². The van der Waals surface area contributed by atoms with Crippen molar-refractivity contribution in [1.29, 1.82) is 0 Å². The standard InChI is InChI=1S/C15H25N3O4S/c1-10(2)13(16)8-9-17(5)23(21,22)15-12(4)7-6-11(3)14(15)18(19)20/h6-7,10,13H,8-9,16H2,1-5H3. The molecule has 0 fully saturated rings. The van der Waals surface area contributed by atoms with Crippen LogP contribution in [0.2, 0.25) is 0 Å². The summed E-state index contributed by atoms with van der Waals surface area (Å²) in [6.07, 6.45) is 0.492. The van der Waals surface area contributed by atoms with Gasteiger partial charge in [-0.25, -0.2) is 12.7 Å². The summed E-state index contributed by atoms with van der Waals surface area (Å²) in [7, 11) is -2.53. The van der Waals surface area contributed by atoms with Gasteiger partial charge >= 0.3 is 0 Å². The third-order valence-corrected chi connectivity index (χ3v) is 6.05. The van der Waals surface area contributed by atoms with E-state index in [0.29, 0.717) is 17.5 Å². The summed E-state index contributed by atoms with van der Waals surface area (Å²) in [4.78, 5) is 10.5. The topological polar surface area (TPSA) is 107 Å². The van der Waals surface area contributed by atoms with Crippen LogP contribution in [0, 0.1) is 29.9 Å². The Morgan fingerprint density at radius 3 is 2.26 bits per heavy atom. The van der Waals surface area contributed by atoms with Crippen molar-refractivity contribution < 1.29 is 13.3 Å². The van der Waals surface area contributed by atoms with Gasteiger partial charge in [-0.15, -0.1) is 0 Å². The van der Waals surface area contributed by atoms with Gasteiger partial charge in [0.2, 0.25) is 10.0 Å². The molecule has 2 N–H and O–H groups in total. The molecule has 1 aromatic rings. The molecule has 0 spiro atoms. The van der Waals surface area contributed by atoms with Crippen LogP contribution in [-0.4, -0.2) is 37.3 Å². The van der Waals surface area contributed by atoms with Crippen LogP contribution >= 0.6 is 0 Å². The number of hydrogen-bond donors (Lipinski definition) is 1. The summed E-state index contributed by atoms with van der Waals surface area (Å²) in [5, 5.41) is 11.3. The molecule has 23 heavy (non-hydrogen) atoms. The van der Waals surface area contributed by atoms with Crippen molar-refractivity contribution in [2.24, 2.45) is 11.7 Å². The molecule has 7 nitrogen and oxygen atoms in total. The van der Waals surface area contributed by atoms with E-state index in [4.69, 9.17) is 5.73 Å². The van der Waals surface area contributed by atoms with Crippen LogP contribution < -0.4 is 5.73 Å². The van der Waals surface area contributed by atoms with E-state index < -0.39 is 14.9 Å². The predicted molar refractivity (Wildman–Crippen MR) is 89.8 cm³/mol. The van der Waals surface area contributed by atoms with E-state index >= 15 is 0 Å². The molecule has 1 rings (SSSR count). The molecule has 0 heterocycles. The van der Waals surface area contributed by atoms with Crippen LogP contribution in [0.15, 0.2) is 17.0 Å². The number of rotatable bonds is 7. The highest BCUT2D eigenvalue weighted by molar-refractivity contribution is 7.89. The smallest absolute Gasteiger partial charge is 0.292 e. The van der Waals surface area contributed by atoms with Crippen molar-refractivity contribution >= 4 is 15.7 Å². The fraction of sp³-hybridized carbons (Fsp3) is 0.600. The lowest BCUT2D eigenvalue weighted by molar-refractivity contribution is -0.388. The first-order chi connectivity index (χ1) is 10.5. The van der Waals surface area contributed by atoms with Gasteiger partial charge < -0.3 is 5.73 Å². The van der Waals surface area contributed by atoms with Gasteiger partial charge in [0.05, 0.1) is 4.92 Å². The molecule has 1 atom stereocenters. The Kier molecular flexibility index (Phi) is 6.26. The SMILES string of the molecule is Cc1ccc(C)c(S(=O)(=O)N(C)CCC(N)C(C)C)c1[N+](=O)[O-]. The van der Waals surface area contributed by atoms with Crippen LogP contribution in [0.5, 0.6) is 0 Å². The minimum Gasteiger partial charge on any atom is -0.327 e. The lowest BCUT2D eigenvalue weighted by Gasteiger charge is -2.22. The number of nitrogens with two attached hydrogens (primary N) is 1. The minimum absolute atomic E-state index is 0.124. The second kappa shape index (κ2) is 7.37. The summed E-state index contributed by atoms with van der Waals surface area (Å²) < 4.78 is 26.7. The highest BCUT2D eigenvalue weighted by Crippen LogP contribution is 2.32. The van der Waals surface area contributed by atoms with Crippen molar-refractivity contribution in [2.75, 3.05) is 13.6 Å². The molecule has 0 aliphatic rings. The fourth-order valence-corrected chi connectivity index (χ4v) is 3.88. The van der Waals surface area contributed by atoms with E-state index in [1.807, 2.05) is 13.8 Å². The van der Waals surface area contributed by atoms with E-state index in [9.17, 15) is 18.5 Å². The maximum Gasteiger partial charge on any atom is 0.292 e. The maximum atomic E-state index is 12.8. The molecule has 0 saturated carbocycles. The highest BCUT2D eigenvalue weighted by atomic mass is 32.2. The van der Waals surface area contributed by atoms with E-state index in [-0.39, 0.29) is 29.1 Å². The quantitative estimate of drug-likeness (QED) is 0.603. The van der Waals surface area contributed by atoms with E-state index in [1.165, 1.54) is 14.0 Å². The average molecular weight is 343 g/mol. The van der Waals surface area contributed by atoms with Gasteiger partial charge in [-0.3, -0.25) is 10.1 Å². The molecule has 8 heteroatoms. The molecule has 1 aromatic carbocycles. The molecule has 0 bridgehead atoms. The molecular formula is C15H25N3O4S. The molecule has 0 aliphatic heterocycles. The zero-order chi connectivity index (χ0) is 17.9. The number of nitrogens with zero attached hydrogens (tertiary/aromatic N) is 2. The lowest BCUT2D eigenvalue weighted by Crippen LogP contribution is -2.35. The monoisotopic (exact) mass is 343 g/mol. The van der Waals surface area contributed by atoms with Gasteiger partial charge in [0.1, 0.15) is 0 Å². The Morgan fingerprint density at radius 2 is 1.78 bits per heavy atom. The molecule has 130 valence electrons. The van der Waals surface area contributed by atoms with Crippen LogP contribution in [0.1, 0.15) is 31.4 Å². The van der Waals surface area contributed by atoms with Crippen molar-refractivity contribution in [3.63, 3.8) is 0 Å². The Morgan fingerprint density at radius 1 is 1.26 bits per heavy atom. The predicted octanol–water partition coefficient (Wildman–Crippen LogP) is 2.21. The summed E-state index contributed by atoms with van der Waals surface area (Å²) in [5.74, 6) is 0.237. The molecule has 1 unspecified atom stereocenters. The van der Waals surface area contributed by atoms with Gasteiger partial charge in [-0.1, -0.05) is 26.0 Å². The van der Waals surface area contributed by atoms with E-state index in [1.54, 1.807) is 19.1 Å². The van der Waals surface area contributed by atoms with Crippen LogP contribution in [-0.2, 0) is 10.0 Å². The summed E-state index contributed by atoms with van der Waals surface area (Å²) in [5.41, 5.74) is 6.28. The molecule has 0 saturated heterocycles. The third-order valence-electron chi connectivity index (χ3n) is 4.01. The number of nitro groups is 1. The van der Waals surface area contributed by atoms with Crippen molar-refractivity contribution in [3.8, 4) is 0 Å². The minimum atomic E-state index is -3.95. The van der Waals surface area contributed by atoms with Gasteiger partial charge in [-0.2, -0.15) is 0 Å². The normalized spacial score (nSPS) is 13.6. The van der Waals surface area contributed by atoms with E-state index in [0.717, 1.165) is 4.31 Å². The Balaban J connectivity index is 3.23. The Bertz CT molecular complexity index is 686. The molecule has 0 aromatic heterocycles. The number of aryl methyl sites for hydroxylation is 2. The van der Waals surface area contributed by atoms with E-state index in [2.05, 4.69) is 0 Å².